The van der Waals surface area contributed by atoms with Gasteiger partial charge in [0.1, 0.15) is 29.2 Å². The second-order valence-electron chi connectivity index (χ2n) is 12.8. The number of nitrogens with zero attached hydrogens (tertiary/aromatic N) is 1. The van der Waals surface area contributed by atoms with Gasteiger partial charge in [-0.05, 0) is 93.7 Å². The van der Waals surface area contributed by atoms with Crippen molar-refractivity contribution in [2.24, 2.45) is 5.41 Å². The molecule has 7 heteroatoms. The van der Waals surface area contributed by atoms with Crippen molar-refractivity contribution in [2.45, 2.75) is 65.4 Å². The monoisotopic (exact) mass is 591 g/mol. The number of carbonyl (C=O) groups is 1. The van der Waals surface area contributed by atoms with Crippen molar-refractivity contribution in [3.8, 4) is 17.2 Å². The van der Waals surface area contributed by atoms with Gasteiger partial charge in [0.05, 0.1) is 26.7 Å². The predicted octanol–water partition coefficient (Wildman–Crippen LogP) is 7.73. The van der Waals surface area contributed by atoms with Gasteiger partial charge in [0, 0.05) is 35.1 Å². The minimum Gasteiger partial charge on any atom is -0.493 e. The number of fused-ring (bicyclic) bond motifs is 1. The Morgan fingerprint density at radius 2 is 1.84 bits per heavy atom. The first-order valence-electron chi connectivity index (χ1n) is 15.0. The molecule has 0 saturated heterocycles. The van der Waals surface area contributed by atoms with Gasteiger partial charge >= 0.3 is 5.97 Å². The van der Waals surface area contributed by atoms with Gasteiger partial charge in [0.2, 0.25) is 0 Å². The zero-order valence-corrected chi connectivity index (χ0v) is 26.7. The van der Waals surface area contributed by atoms with Crippen LogP contribution in [0.3, 0.4) is 0 Å². The summed E-state index contributed by atoms with van der Waals surface area (Å²) < 4.78 is 38.5. The number of benzene rings is 2. The predicted molar refractivity (Wildman–Crippen MR) is 170 cm³/mol. The molecule has 4 rings (SSSR count). The molecule has 2 aromatic rings. The zero-order chi connectivity index (χ0) is 31.3. The Bertz CT molecular complexity index is 1380. The molecule has 1 heterocycles. The van der Waals surface area contributed by atoms with Crippen molar-refractivity contribution >= 4 is 11.5 Å². The molecule has 0 bridgehead atoms. The lowest BCUT2D eigenvalue weighted by atomic mass is 9.91. The Morgan fingerprint density at radius 1 is 1.12 bits per heavy atom. The molecule has 232 valence electrons. The second kappa shape index (κ2) is 13.8. The molecule has 0 fully saturated rings. The highest BCUT2D eigenvalue weighted by molar-refractivity contribution is 5.73. The smallest absolute Gasteiger partial charge is 0.306 e. The highest BCUT2D eigenvalue weighted by Gasteiger charge is 2.28. The van der Waals surface area contributed by atoms with Crippen LogP contribution in [-0.4, -0.2) is 57.9 Å². The molecule has 2 atom stereocenters. The van der Waals surface area contributed by atoms with Crippen molar-refractivity contribution < 1.29 is 28.1 Å². The summed E-state index contributed by atoms with van der Waals surface area (Å²) in [5, 5.41) is 0. The third-order valence-electron chi connectivity index (χ3n) is 8.02. The Hall–Kier alpha value is -3.58. The van der Waals surface area contributed by atoms with Crippen LogP contribution in [0.1, 0.15) is 67.7 Å². The quantitative estimate of drug-likeness (QED) is 0.264. The molecule has 2 aromatic carbocycles. The van der Waals surface area contributed by atoms with E-state index in [-0.39, 0.29) is 23.7 Å². The standard InChI is InChI=1S/C36H46FNO5/c1-23-16-29(42-22-36(4,5)21-38(6)7)17-24(2)35(23)26-10-9-11-32(25(3)31(37)15-12-26)43-28-13-14-30-27(18-34(39)40-8)20-41-33(30)19-28/h12-17,19,27,32H,3,9-11,18,20-22H2,1-2,4-8H3/b26-12+,31-15+/t27-,32-/m1/s1. The van der Waals surface area contributed by atoms with Gasteiger partial charge in [-0.15, -0.1) is 0 Å². The molecule has 0 aromatic heterocycles. The summed E-state index contributed by atoms with van der Waals surface area (Å²) in [7, 11) is 5.53. The molecule has 1 aliphatic heterocycles. The number of hydrogen-bond acceptors (Lipinski definition) is 6. The third-order valence-corrected chi connectivity index (χ3v) is 8.02. The largest absolute Gasteiger partial charge is 0.493 e. The lowest BCUT2D eigenvalue weighted by Gasteiger charge is -2.28. The van der Waals surface area contributed by atoms with Crippen LogP contribution >= 0.6 is 0 Å². The second-order valence-corrected chi connectivity index (χ2v) is 12.8. The van der Waals surface area contributed by atoms with Crippen molar-refractivity contribution in [1.29, 1.82) is 0 Å². The van der Waals surface area contributed by atoms with Crippen LogP contribution in [0.2, 0.25) is 0 Å². The summed E-state index contributed by atoms with van der Waals surface area (Å²) in [6.45, 7) is 14.6. The fourth-order valence-corrected chi connectivity index (χ4v) is 6.15. The Labute approximate surface area is 256 Å². The van der Waals surface area contributed by atoms with Crippen LogP contribution < -0.4 is 14.2 Å². The average Bonchev–Trinajstić information content (AvgIpc) is 3.35. The molecule has 0 radical (unpaired) electrons. The van der Waals surface area contributed by atoms with Gasteiger partial charge in [-0.25, -0.2) is 4.39 Å². The van der Waals surface area contributed by atoms with E-state index in [1.165, 1.54) is 13.2 Å². The van der Waals surface area contributed by atoms with Crippen LogP contribution in [-0.2, 0) is 9.53 Å². The number of hydrogen-bond donors (Lipinski definition) is 0. The zero-order valence-electron chi connectivity index (χ0n) is 26.7. The van der Waals surface area contributed by atoms with Gasteiger partial charge in [-0.2, -0.15) is 0 Å². The highest BCUT2D eigenvalue weighted by atomic mass is 19.1. The number of methoxy groups -OCH3 is 1. The van der Waals surface area contributed by atoms with Crippen molar-refractivity contribution in [3.63, 3.8) is 0 Å². The van der Waals surface area contributed by atoms with Gasteiger partial charge in [0.15, 0.2) is 0 Å². The average molecular weight is 592 g/mol. The Morgan fingerprint density at radius 3 is 2.51 bits per heavy atom. The first-order valence-corrected chi connectivity index (χ1v) is 15.0. The van der Waals surface area contributed by atoms with Gasteiger partial charge in [0.25, 0.3) is 0 Å². The van der Waals surface area contributed by atoms with Crippen LogP contribution in [0.5, 0.6) is 17.2 Å². The lowest BCUT2D eigenvalue weighted by molar-refractivity contribution is -0.141. The topological polar surface area (TPSA) is 57.2 Å². The molecule has 0 amide bonds. The molecule has 0 N–H and O–H groups in total. The van der Waals surface area contributed by atoms with Gasteiger partial charge < -0.3 is 23.8 Å². The number of aryl methyl sites for hydroxylation is 2. The van der Waals surface area contributed by atoms with E-state index in [1.807, 2.05) is 24.3 Å². The number of ether oxygens (including phenoxy) is 4. The molecule has 0 unspecified atom stereocenters. The minimum atomic E-state index is -0.516. The molecule has 1 aliphatic carbocycles. The molecular weight excluding hydrogens is 545 g/mol. The van der Waals surface area contributed by atoms with Gasteiger partial charge in [-0.3, -0.25) is 4.79 Å². The molecule has 0 saturated carbocycles. The van der Waals surface area contributed by atoms with E-state index >= 15 is 4.39 Å². The van der Waals surface area contributed by atoms with Crippen LogP contribution in [0.25, 0.3) is 5.57 Å². The van der Waals surface area contributed by atoms with E-state index in [4.69, 9.17) is 18.9 Å². The summed E-state index contributed by atoms with van der Waals surface area (Å²) in [5.41, 5.74) is 5.72. The van der Waals surface area contributed by atoms with E-state index in [0.717, 1.165) is 53.0 Å². The van der Waals surface area contributed by atoms with E-state index in [9.17, 15) is 4.79 Å². The molecular formula is C36H46FNO5. The molecule has 2 aliphatic rings. The fraction of sp³-hybridized carbons (Fsp3) is 0.472. The molecule has 43 heavy (non-hydrogen) atoms. The molecule has 6 nitrogen and oxygen atoms in total. The third kappa shape index (κ3) is 8.29. The van der Waals surface area contributed by atoms with E-state index in [1.54, 1.807) is 0 Å². The summed E-state index contributed by atoms with van der Waals surface area (Å²) in [6.07, 6.45) is 5.32. The number of halogens is 1. The molecule has 0 spiro atoms. The van der Waals surface area contributed by atoms with E-state index in [2.05, 4.69) is 65.4 Å². The summed E-state index contributed by atoms with van der Waals surface area (Å²) in [5.74, 6) is 1.41. The van der Waals surface area contributed by atoms with Gasteiger partial charge in [-0.1, -0.05) is 32.6 Å². The lowest BCUT2D eigenvalue weighted by Crippen LogP contribution is -2.33. The number of rotatable bonds is 10. The maximum Gasteiger partial charge on any atom is 0.306 e. The summed E-state index contributed by atoms with van der Waals surface area (Å²) in [6, 6.07) is 9.74. The van der Waals surface area contributed by atoms with Crippen LogP contribution in [0.15, 0.2) is 60.5 Å². The van der Waals surface area contributed by atoms with Crippen LogP contribution in [0.4, 0.5) is 4.39 Å². The maximum atomic E-state index is 15.4. The van der Waals surface area contributed by atoms with E-state index in [0.29, 0.717) is 36.7 Å². The first-order chi connectivity index (χ1) is 20.4. The number of carbonyl (C=O) groups excluding carboxylic acids is 1. The van der Waals surface area contributed by atoms with Crippen molar-refractivity contribution in [3.05, 3.63) is 82.7 Å². The number of allylic oxidation sites excluding steroid dienone is 3. The highest BCUT2D eigenvalue weighted by Crippen LogP contribution is 2.40. The Balaban J connectivity index is 1.45. The summed E-state index contributed by atoms with van der Waals surface area (Å²) in [4.78, 5) is 13.9. The maximum absolute atomic E-state index is 15.4. The number of esters is 1. The SMILES string of the molecule is C=C1/C(F)=C\C=C(\c2c(C)cc(OCC(C)(C)CN(C)C)cc2C)CCC[C@H]1Oc1ccc2c(c1)OC[C@H]2CC(=O)OC. The first kappa shape index (κ1) is 32.3. The minimum absolute atomic E-state index is 0.0212. The fourth-order valence-electron chi connectivity index (χ4n) is 6.15. The van der Waals surface area contributed by atoms with Crippen molar-refractivity contribution in [1.82, 2.24) is 4.90 Å². The van der Waals surface area contributed by atoms with Crippen LogP contribution in [0, 0.1) is 19.3 Å². The Kier molecular flexibility index (Phi) is 10.4. The summed E-state index contributed by atoms with van der Waals surface area (Å²) >= 11 is 0. The van der Waals surface area contributed by atoms with Crippen molar-refractivity contribution in [2.75, 3.05) is 41.0 Å². The normalized spacial score (nSPS) is 21.4. The van der Waals surface area contributed by atoms with E-state index < -0.39 is 11.9 Å².